The first-order chi connectivity index (χ1) is 9.42. The van der Waals surface area contributed by atoms with Gasteiger partial charge in [-0.25, -0.2) is 9.50 Å². The molecule has 2 rings (SSSR count). The first kappa shape index (κ1) is 14.5. The molecule has 2 N–H and O–H groups in total. The minimum Gasteiger partial charge on any atom is -0.359 e. The van der Waals surface area contributed by atoms with Crippen LogP contribution < -0.4 is 10.6 Å². The van der Waals surface area contributed by atoms with E-state index >= 15 is 0 Å². The normalized spacial score (nSPS) is 11.8. The maximum absolute atomic E-state index is 11.7. The van der Waals surface area contributed by atoms with Crippen molar-refractivity contribution < 1.29 is 4.79 Å². The lowest BCUT2D eigenvalue weighted by atomic mass is 9.92. The van der Waals surface area contributed by atoms with E-state index in [1.165, 1.54) is 0 Å². The zero-order valence-corrected chi connectivity index (χ0v) is 12.4. The molecule has 0 fully saturated rings. The van der Waals surface area contributed by atoms with Gasteiger partial charge in [-0.15, -0.1) is 0 Å². The van der Waals surface area contributed by atoms with Gasteiger partial charge in [0.05, 0.1) is 11.1 Å². The van der Waals surface area contributed by atoms with Crippen LogP contribution in [-0.4, -0.2) is 34.1 Å². The van der Waals surface area contributed by atoms with E-state index in [0.29, 0.717) is 13.1 Å². The van der Waals surface area contributed by atoms with Crippen LogP contribution in [0.15, 0.2) is 18.5 Å². The first-order valence-electron chi connectivity index (χ1n) is 6.66. The summed E-state index contributed by atoms with van der Waals surface area (Å²) in [5.41, 5.74) is 2.39. The Labute approximate surface area is 118 Å². The summed E-state index contributed by atoms with van der Waals surface area (Å²) in [6, 6.07) is 1.94. The number of nitrogens with zero attached hydrogens (tertiary/aromatic N) is 3. The van der Waals surface area contributed by atoms with Gasteiger partial charge in [0.1, 0.15) is 0 Å². The molecule has 0 aliphatic heterocycles. The number of rotatable bonds is 5. The lowest BCUT2D eigenvalue weighted by molar-refractivity contribution is -0.128. The monoisotopic (exact) mass is 275 g/mol. The van der Waals surface area contributed by atoms with Gasteiger partial charge in [-0.1, -0.05) is 0 Å². The quantitative estimate of drug-likeness (QED) is 0.850. The van der Waals surface area contributed by atoms with Crippen LogP contribution in [0, 0.1) is 12.3 Å². The largest absolute Gasteiger partial charge is 0.359 e. The molecule has 2 aromatic heterocycles. The van der Waals surface area contributed by atoms with Crippen molar-refractivity contribution >= 4 is 11.6 Å². The number of aromatic nitrogens is 3. The van der Waals surface area contributed by atoms with Crippen LogP contribution in [0.1, 0.15) is 25.1 Å². The summed E-state index contributed by atoms with van der Waals surface area (Å²) in [5, 5.41) is 10.3. The van der Waals surface area contributed by atoms with Crippen LogP contribution in [0.3, 0.4) is 0 Å². The van der Waals surface area contributed by atoms with E-state index in [1.807, 2.05) is 39.2 Å². The van der Waals surface area contributed by atoms with Crippen molar-refractivity contribution in [1.82, 2.24) is 25.2 Å². The Bertz CT molecular complexity index is 617. The third kappa shape index (κ3) is 3.14. The Morgan fingerprint density at radius 1 is 1.45 bits per heavy atom. The number of fused-ring (bicyclic) bond motifs is 1. The number of hydrogen-bond acceptors (Lipinski definition) is 4. The minimum atomic E-state index is -0.436. The molecule has 0 saturated heterocycles. The van der Waals surface area contributed by atoms with Gasteiger partial charge in [0.25, 0.3) is 0 Å². The maximum atomic E-state index is 11.7. The molecular formula is C14H21N5O. The Balaban J connectivity index is 1.97. The molecule has 0 radical (unpaired) electrons. The lowest BCUT2D eigenvalue weighted by Crippen LogP contribution is -2.41. The molecule has 108 valence electrons. The van der Waals surface area contributed by atoms with Crippen LogP contribution in [-0.2, 0) is 11.3 Å². The molecule has 0 unspecified atom stereocenters. The topological polar surface area (TPSA) is 71.3 Å². The molecular weight excluding hydrogens is 254 g/mol. The molecule has 0 aromatic carbocycles. The fourth-order valence-corrected chi connectivity index (χ4v) is 2.06. The molecule has 0 aliphatic carbocycles. The van der Waals surface area contributed by atoms with Crippen molar-refractivity contribution in [2.45, 2.75) is 27.3 Å². The SMILES string of the molecule is CNC(=O)C(C)(C)CNCc1cnc2cc(C)nn2c1. The molecule has 6 heteroatoms. The van der Waals surface area contributed by atoms with Crippen LogP contribution in [0.4, 0.5) is 0 Å². The minimum absolute atomic E-state index is 0.0290. The molecule has 2 heterocycles. The fourth-order valence-electron chi connectivity index (χ4n) is 2.06. The summed E-state index contributed by atoms with van der Waals surface area (Å²) in [7, 11) is 1.65. The average Bonchev–Trinajstić information content (AvgIpc) is 2.76. The Hall–Kier alpha value is -1.95. The molecule has 0 bridgehead atoms. The van der Waals surface area contributed by atoms with E-state index in [9.17, 15) is 4.79 Å². The Morgan fingerprint density at radius 3 is 2.90 bits per heavy atom. The zero-order chi connectivity index (χ0) is 14.8. The van der Waals surface area contributed by atoms with Crippen LogP contribution in [0.2, 0.25) is 0 Å². The van der Waals surface area contributed by atoms with Crippen molar-refractivity contribution in [3.8, 4) is 0 Å². The van der Waals surface area contributed by atoms with E-state index in [-0.39, 0.29) is 5.91 Å². The number of aryl methyl sites for hydroxylation is 1. The summed E-state index contributed by atoms with van der Waals surface area (Å²) in [4.78, 5) is 16.0. The summed E-state index contributed by atoms with van der Waals surface area (Å²) in [5.74, 6) is 0.0290. The summed E-state index contributed by atoms with van der Waals surface area (Å²) < 4.78 is 1.77. The maximum Gasteiger partial charge on any atom is 0.226 e. The van der Waals surface area contributed by atoms with Gasteiger partial charge in [0, 0.05) is 44.2 Å². The second kappa shape index (κ2) is 5.58. The molecule has 6 nitrogen and oxygen atoms in total. The fraction of sp³-hybridized carbons (Fsp3) is 0.500. The molecule has 0 spiro atoms. The second-order valence-corrected chi connectivity index (χ2v) is 5.62. The number of hydrogen-bond donors (Lipinski definition) is 2. The van der Waals surface area contributed by atoms with E-state index in [2.05, 4.69) is 20.7 Å². The third-order valence-corrected chi connectivity index (χ3v) is 3.23. The van der Waals surface area contributed by atoms with Crippen molar-refractivity contribution in [2.75, 3.05) is 13.6 Å². The zero-order valence-electron chi connectivity index (χ0n) is 12.4. The van der Waals surface area contributed by atoms with Crippen molar-refractivity contribution in [1.29, 1.82) is 0 Å². The summed E-state index contributed by atoms with van der Waals surface area (Å²) >= 11 is 0. The highest BCUT2D eigenvalue weighted by atomic mass is 16.2. The number of amides is 1. The van der Waals surface area contributed by atoms with Gasteiger partial charge in [-0.3, -0.25) is 4.79 Å². The van der Waals surface area contributed by atoms with Crippen molar-refractivity contribution in [3.63, 3.8) is 0 Å². The van der Waals surface area contributed by atoms with Crippen LogP contribution >= 0.6 is 0 Å². The first-order valence-corrected chi connectivity index (χ1v) is 6.66. The predicted octanol–water partition coefficient (Wildman–Crippen LogP) is 0.900. The van der Waals surface area contributed by atoms with Crippen LogP contribution in [0.5, 0.6) is 0 Å². The van der Waals surface area contributed by atoms with E-state index in [4.69, 9.17) is 0 Å². The van der Waals surface area contributed by atoms with Crippen LogP contribution in [0.25, 0.3) is 5.65 Å². The molecule has 1 amide bonds. The van der Waals surface area contributed by atoms with Gasteiger partial charge in [0.2, 0.25) is 5.91 Å². The van der Waals surface area contributed by atoms with E-state index < -0.39 is 5.41 Å². The van der Waals surface area contributed by atoms with Crippen molar-refractivity contribution in [3.05, 3.63) is 29.7 Å². The molecule has 0 aliphatic rings. The van der Waals surface area contributed by atoms with Gasteiger partial charge < -0.3 is 10.6 Å². The molecule has 0 saturated carbocycles. The van der Waals surface area contributed by atoms with Gasteiger partial charge in [-0.2, -0.15) is 5.10 Å². The summed E-state index contributed by atoms with van der Waals surface area (Å²) in [6.07, 6.45) is 3.78. The smallest absolute Gasteiger partial charge is 0.226 e. The number of carbonyl (C=O) groups excluding carboxylic acids is 1. The van der Waals surface area contributed by atoms with Gasteiger partial charge in [-0.05, 0) is 20.8 Å². The highest BCUT2D eigenvalue weighted by Crippen LogP contribution is 2.13. The second-order valence-electron chi connectivity index (χ2n) is 5.62. The predicted molar refractivity (Wildman–Crippen MR) is 77.3 cm³/mol. The lowest BCUT2D eigenvalue weighted by Gasteiger charge is -2.22. The Morgan fingerprint density at radius 2 is 2.20 bits per heavy atom. The van der Waals surface area contributed by atoms with E-state index in [0.717, 1.165) is 16.9 Å². The standard InChI is InChI=1S/C14H21N5O/c1-10-5-12-17-7-11(8-19(12)18-10)6-16-9-14(2,3)13(20)15-4/h5,7-8,16H,6,9H2,1-4H3,(H,15,20). The summed E-state index contributed by atoms with van der Waals surface area (Å²) in [6.45, 7) is 7.03. The highest BCUT2D eigenvalue weighted by Gasteiger charge is 2.25. The Kier molecular flexibility index (Phi) is 4.04. The van der Waals surface area contributed by atoms with Crippen molar-refractivity contribution in [2.24, 2.45) is 5.41 Å². The average molecular weight is 275 g/mol. The van der Waals surface area contributed by atoms with Gasteiger partial charge in [0.15, 0.2) is 5.65 Å². The van der Waals surface area contributed by atoms with E-state index in [1.54, 1.807) is 11.6 Å². The molecule has 20 heavy (non-hydrogen) atoms. The molecule has 2 aromatic rings. The van der Waals surface area contributed by atoms with Gasteiger partial charge >= 0.3 is 0 Å². The number of carbonyl (C=O) groups is 1. The number of nitrogens with one attached hydrogen (secondary N) is 2. The third-order valence-electron chi connectivity index (χ3n) is 3.23. The molecule has 0 atom stereocenters. The highest BCUT2D eigenvalue weighted by molar-refractivity contribution is 5.81.